The molecule has 2 aromatic heterocycles. The molecule has 1 fully saturated rings. The maximum atomic E-state index is 14.8. The summed E-state index contributed by atoms with van der Waals surface area (Å²) in [5.74, 6) is -0.430. The number of likely N-dealkylation sites (N-methyl/N-ethyl adjacent to an activating group) is 1. The topological polar surface area (TPSA) is 91.8 Å². The summed E-state index contributed by atoms with van der Waals surface area (Å²) in [5, 5.41) is 17.8. The molecule has 0 saturated carbocycles. The number of carbonyl (C=O) groups is 1. The first kappa shape index (κ1) is 25.1. The first-order valence-corrected chi connectivity index (χ1v) is 11.9. The van der Waals surface area contributed by atoms with E-state index < -0.39 is 5.83 Å². The minimum absolute atomic E-state index is 0.150. The number of nitrogens with one attached hydrogen (secondary N) is 1. The first-order chi connectivity index (χ1) is 17.3. The van der Waals surface area contributed by atoms with Gasteiger partial charge >= 0.3 is 0 Å². The standard InChI is InChI=1S/C27H30FN7O/c1-6-19(14-29)23(28)12-17(2)26-31-25(27(36)34-11-7-8-21(16-34)30-4)18(3)35(26)22-9-10-24-20(13-22)15-33(5)32-24/h6,9-10,12-13,15,21,30H,1,7-8,11,16H2,2-5H3/b17-12+,23-19-/t21-/m1/s1. The zero-order chi connectivity index (χ0) is 26.0. The Kier molecular flexibility index (Phi) is 7.17. The molecule has 1 N–H and O–H groups in total. The molecule has 1 aromatic carbocycles. The summed E-state index contributed by atoms with van der Waals surface area (Å²) in [7, 11) is 3.76. The number of hydrogen-bond acceptors (Lipinski definition) is 5. The number of aryl methyl sites for hydroxylation is 1. The zero-order valence-electron chi connectivity index (χ0n) is 21.0. The summed E-state index contributed by atoms with van der Waals surface area (Å²) in [6.45, 7) is 8.33. The maximum Gasteiger partial charge on any atom is 0.274 e. The highest BCUT2D eigenvalue weighted by molar-refractivity contribution is 5.94. The van der Waals surface area contributed by atoms with Gasteiger partial charge in [-0.25, -0.2) is 9.37 Å². The van der Waals surface area contributed by atoms with E-state index in [0.29, 0.717) is 35.9 Å². The van der Waals surface area contributed by atoms with E-state index in [9.17, 15) is 14.4 Å². The van der Waals surface area contributed by atoms with Crippen LogP contribution in [-0.2, 0) is 7.05 Å². The second-order valence-corrected chi connectivity index (χ2v) is 9.03. The molecule has 0 radical (unpaired) electrons. The van der Waals surface area contributed by atoms with E-state index in [1.165, 1.54) is 12.2 Å². The molecule has 1 amide bonds. The molecule has 1 aliphatic heterocycles. The van der Waals surface area contributed by atoms with Gasteiger partial charge in [0.05, 0.1) is 16.8 Å². The number of amides is 1. The molecule has 3 heterocycles. The number of rotatable bonds is 6. The summed E-state index contributed by atoms with van der Waals surface area (Å²) in [6.07, 6.45) is 6.28. The maximum absolute atomic E-state index is 14.8. The fourth-order valence-corrected chi connectivity index (χ4v) is 4.64. The van der Waals surface area contributed by atoms with Crippen LogP contribution in [0.5, 0.6) is 0 Å². The van der Waals surface area contributed by atoms with Crippen LogP contribution in [0.4, 0.5) is 4.39 Å². The molecule has 0 bridgehead atoms. The fourth-order valence-electron chi connectivity index (χ4n) is 4.64. The highest BCUT2D eigenvalue weighted by atomic mass is 19.1. The van der Waals surface area contributed by atoms with Gasteiger partial charge in [-0.3, -0.25) is 14.0 Å². The Morgan fingerprint density at radius 3 is 2.86 bits per heavy atom. The van der Waals surface area contributed by atoms with Crippen LogP contribution in [-0.4, -0.2) is 56.3 Å². The summed E-state index contributed by atoms with van der Waals surface area (Å²) in [4.78, 5) is 20.1. The van der Waals surface area contributed by atoms with Gasteiger partial charge in [0.2, 0.25) is 0 Å². The van der Waals surface area contributed by atoms with E-state index in [-0.39, 0.29) is 17.5 Å². The van der Waals surface area contributed by atoms with E-state index in [1.54, 1.807) is 17.7 Å². The fraction of sp³-hybridized carbons (Fsp3) is 0.333. The van der Waals surface area contributed by atoms with Gasteiger partial charge in [0.1, 0.15) is 23.4 Å². The van der Waals surface area contributed by atoms with Crippen LogP contribution >= 0.6 is 0 Å². The summed E-state index contributed by atoms with van der Waals surface area (Å²) in [6, 6.07) is 7.82. The van der Waals surface area contributed by atoms with Gasteiger partial charge in [-0.05, 0) is 69.7 Å². The third-order valence-electron chi connectivity index (χ3n) is 6.57. The molecule has 0 spiro atoms. The van der Waals surface area contributed by atoms with Gasteiger partial charge in [-0.1, -0.05) is 6.58 Å². The summed E-state index contributed by atoms with van der Waals surface area (Å²) in [5.41, 5.74) is 2.92. The van der Waals surface area contributed by atoms with Crippen LogP contribution in [0.2, 0.25) is 0 Å². The van der Waals surface area contributed by atoms with Crippen molar-refractivity contribution in [3.8, 4) is 11.8 Å². The van der Waals surface area contributed by atoms with Gasteiger partial charge in [0.25, 0.3) is 5.91 Å². The van der Waals surface area contributed by atoms with Crippen LogP contribution in [0.3, 0.4) is 0 Å². The second-order valence-electron chi connectivity index (χ2n) is 9.03. The zero-order valence-corrected chi connectivity index (χ0v) is 21.0. The van der Waals surface area contributed by atoms with E-state index in [4.69, 9.17) is 4.98 Å². The van der Waals surface area contributed by atoms with Crippen LogP contribution in [0.1, 0.15) is 41.8 Å². The monoisotopic (exact) mass is 487 g/mol. The summed E-state index contributed by atoms with van der Waals surface area (Å²) < 4.78 is 18.4. The van der Waals surface area contributed by atoms with Crippen molar-refractivity contribution in [2.24, 2.45) is 7.05 Å². The van der Waals surface area contributed by atoms with Crippen molar-refractivity contribution < 1.29 is 9.18 Å². The molecule has 0 aliphatic carbocycles. The van der Waals surface area contributed by atoms with Crippen molar-refractivity contribution >= 4 is 22.4 Å². The molecule has 1 saturated heterocycles. The number of nitriles is 1. The molecular weight excluding hydrogens is 457 g/mol. The predicted octanol–water partition coefficient (Wildman–Crippen LogP) is 4.23. The number of imidazole rings is 1. The molecule has 8 nitrogen and oxygen atoms in total. The van der Waals surface area contributed by atoms with Crippen molar-refractivity contribution in [3.63, 3.8) is 0 Å². The Morgan fingerprint density at radius 2 is 2.17 bits per heavy atom. The lowest BCUT2D eigenvalue weighted by atomic mass is 10.1. The highest BCUT2D eigenvalue weighted by Gasteiger charge is 2.29. The van der Waals surface area contributed by atoms with Crippen molar-refractivity contribution in [1.29, 1.82) is 5.26 Å². The number of allylic oxidation sites excluding steroid dienone is 5. The lowest BCUT2D eigenvalue weighted by Gasteiger charge is -2.32. The molecule has 186 valence electrons. The minimum atomic E-state index is -0.708. The number of piperidine rings is 1. The molecule has 1 atom stereocenters. The van der Waals surface area contributed by atoms with Crippen LogP contribution in [0.15, 0.2) is 54.5 Å². The number of likely N-dealkylation sites (tertiary alicyclic amines) is 1. The number of nitrogens with zero attached hydrogens (tertiary/aromatic N) is 6. The van der Waals surface area contributed by atoms with Gasteiger partial charge < -0.3 is 10.2 Å². The summed E-state index contributed by atoms with van der Waals surface area (Å²) >= 11 is 0. The molecule has 1 aliphatic rings. The SMILES string of the molecule is C=C/C(C#N)=C(F)\C=C(/C)c1nc(C(=O)N2CCC[C@@H](NC)C2)c(C)n1-c1ccc2nn(C)cc2c1. The van der Waals surface area contributed by atoms with Crippen molar-refractivity contribution in [3.05, 3.63) is 71.7 Å². The Morgan fingerprint density at radius 1 is 1.39 bits per heavy atom. The van der Waals surface area contributed by atoms with E-state index in [2.05, 4.69) is 17.0 Å². The third-order valence-corrected chi connectivity index (χ3v) is 6.57. The Hall–Kier alpha value is -4.03. The molecule has 4 rings (SSSR count). The van der Waals surface area contributed by atoms with Crippen LogP contribution in [0, 0.1) is 18.3 Å². The average Bonchev–Trinajstić information content (AvgIpc) is 3.42. The van der Waals surface area contributed by atoms with Gasteiger partial charge in [0.15, 0.2) is 0 Å². The minimum Gasteiger partial charge on any atom is -0.336 e. The quantitative estimate of drug-likeness (QED) is 0.415. The van der Waals surface area contributed by atoms with Gasteiger partial charge in [-0.15, -0.1) is 0 Å². The second kappa shape index (κ2) is 10.3. The highest BCUT2D eigenvalue weighted by Crippen LogP contribution is 2.28. The first-order valence-electron chi connectivity index (χ1n) is 11.9. The average molecular weight is 488 g/mol. The third kappa shape index (κ3) is 4.72. The van der Waals surface area contributed by atoms with Crippen LogP contribution in [0.25, 0.3) is 22.2 Å². The van der Waals surface area contributed by atoms with Gasteiger partial charge in [0, 0.05) is 43.4 Å². The van der Waals surface area contributed by atoms with Crippen molar-refractivity contribution in [2.75, 3.05) is 20.1 Å². The smallest absolute Gasteiger partial charge is 0.274 e. The van der Waals surface area contributed by atoms with Crippen LogP contribution < -0.4 is 5.32 Å². The van der Waals surface area contributed by atoms with E-state index in [0.717, 1.165) is 29.4 Å². The number of carbonyl (C=O) groups excluding carboxylic acids is 1. The molecule has 36 heavy (non-hydrogen) atoms. The van der Waals surface area contributed by atoms with Gasteiger partial charge in [-0.2, -0.15) is 10.4 Å². The Balaban J connectivity index is 1.87. The Labute approximate surface area is 210 Å². The lowest BCUT2D eigenvalue weighted by molar-refractivity contribution is 0.0692. The number of halogens is 1. The van der Waals surface area contributed by atoms with Crippen molar-refractivity contribution in [1.82, 2.24) is 29.5 Å². The molecule has 9 heteroatoms. The Bertz CT molecular complexity index is 1440. The van der Waals surface area contributed by atoms with E-state index >= 15 is 0 Å². The normalized spacial score (nSPS) is 17.2. The molecule has 3 aromatic rings. The largest absolute Gasteiger partial charge is 0.336 e. The van der Waals surface area contributed by atoms with E-state index in [1.807, 2.05) is 54.9 Å². The number of aromatic nitrogens is 4. The predicted molar refractivity (Wildman–Crippen MR) is 138 cm³/mol. The molecule has 0 unspecified atom stereocenters. The number of hydrogen-bond donors (Lipinski definition) is 1. The molecular formula is C27H30FN7O. The number of benzene rings is 1. The lowest BCUT2D eigenvalue weighted by Crippen LogP contribution is -2.47. The van der Waals surface area contributed by atoms with Crippen molar-refractivity contribution in [2.45, 2.75) is 32.7 Å². The number of fused-ring (bicyclic) bond motifs is 1.